The molecule has 0 saturated carbocycles. The molecule has 0 radical (unpaired) electrons. The minimum Gasteiger partial charge on any atom is -0.493 e. The lowest BCUT2D eigenvalue weighted by molar-refractivity contribution is 0.0631. The van der Waals surface area contributed by atoms with Crippen molar-refractivity contribution in [1.82, 2.24) is 9.80 Å². The summed E-state index contributed by atoms with van der Waals surface area (Å²) in [5.74, 6) is 1.01. The Morgan fingerprint density at radius 3 is 2.38 bits per heavy atom. The number of ether oxygens (including phenoxy) is 1. The van der Waals surface area contributed by atoms with Crippen molar-refractivity contribution < 1.29 is 14.3 Å². The highest BCUT2D eigenvalue weighted by atomic mass is 16.5. The predicted molar refractivity (Wildman–Crippen MR) is 121 cm³/mol. The van der Waals surface area contributed by atoms with E-state index in [4.69, 9.17) is 10.00 Å². The fourth-order valence-electron chi connectivity index (χ4n) is 4.47. The van der Waals surface area contributed by atoms with Gasteiger partial charge in [-0.3, -0.25) is 9.59 Å². The molecule has 166 valence electrons. The Morgan fingerprint density at radius 1 is 0.906 bits per heavy atom. The number of carbonyl (C=O) groups is 2. The monoisotopic (exact) mass is 431 g/mol. The van der Waals surface area contributed by atoms with Gasteiger partial charge >= 0.3 is 0 Å². The van der Waals surface area contributed by atoms with Gasteiger partial charge in [0.1, 0.15) is 5.75 Å². The van der Waals surface area contributed by atoms with Crippen LogP contribution < -0.4 is 4.74 Å². The fourth-order valence-corrected chi connectivity index (χ4v) is 4.47. The summed E-state index contributed by atoms with van der Waals surface area (Å²) in [5, 5.41) is 8.94. The van der Waals surface area contributed by atoms with Crippen molar-refractivity contribution in [3.63, 3.8) is 0 Å². The van der Waals surface area contributed by atoms with E-state index in [1.54, 1.807) is 24.3 Å². The topological polar surface area (TPSA) is 73.6 Å². The van der Waals surface area contributed by atoms with Crippen LogP contribution in [-0.2, 0) is 0 Å². The van der Waals surface area contributed by atoms with Gasteiger partial charge in [0.25, 0.3) is 11.8 Å². The molecule has 2 saturated heterocycles. The zero-order valence-electron chi connectivity index (χ0n) is 18.3. The summed E-state index contributed by atoms with van der Waals surface area (Å²) < 4.78 is 6.04. The molecule has 0 aliphatic carbocycles. The largest absolute Gasteiger partial charge is 0.493 e. The van der Waals surface area contributed by atoms with E-state index in [0.29, 0.717) is 35.6 Å². The average molecular weight is 432 g/mol. The average Bonchev–Trinajstić information content (AvgIpc) is 2.87. The highest BCUT2D eigenvalue weighted by molar-refractivity contribution is 5.95. The maximum Gasteiger partial charge on any atom is 0.253 e. The van der Waals surface area contributed by atoms with Crippen molar-refractivity contribution in [1.29, 1.82) is 5.26 Å². The van der Waals surface area contributed by atoms with E-state index in [1.165, 1.54) is 6.42 Å². The molecule has 6 heteroatoms. The number of amides is 2. The van der Waals surface area contributed by atoms with Gasteiger partial charge in [0.05, 0.1) is 18.2 Å². The van der Waals surface area contributed by atoms with Crippen LogP contribution in [0.3, 0.4) is 0 Å². The van der Waals surface area contributed by atoms with E-state index in [1.807, 2.05) is 34.1 Å². The molecule has 2 heterocycles. The van der Waals surface area contributed by atoms with E-state index in [2.05, 4.69) is 6.07 Å². The Kier molecular flexibility index (Phi) is 7.06. The molecule has 2 aliphatic heterocycles. The third-order valence-electron chi connectivity index (χ3n) is 6.28. The van der Waals surface area contributed by atoms with Crippen LogP contribution in [0.4, 0.5) is 0 Å². The Balaban J connectivity index is 1.33. The van der Waals surface area contributed by atoms with E-state index in [0.717, 1.165) is 45.3 Å². The summed E-state index contributed by atoms with van der Waals surface area (Å²) >= 11 is 0. The molecule has 0 bridgehead atoms. The van der Waals surface area contributed by atoms with Gasteiger partial charge in [-0.25, -0.2) is 0 Å². The molecule has 6 nitrogen and oxygen atoms in total. The van der Waals surface area contributed by atoms with E-state index >= 15 is 0 Å². The van der Waals surface area contributed by atoms with Gasteiger partial charge in [-0.1, -0.05) is 6.07 Å². The molecule has 4 rings (SSSR count). The SMILES string of the molecule is N#Cc1ccc(C(=O)N2CCC[C@@H](COc3cccc(C(=O)N4CCCCC4)c3)C2)cc1. The first kappa shape index (κ1) is 21.9. The number of rotatable bonds is 5. The lowest BCUT2D eigenvalue weighted by atomic mass is 9.98. The minimum atomic E-state index is -0.00619. The maximum atomic E-state index is 12.8. The van der Waals surface area contributed by atoms with Gasteiger partial charge in [0.15, 0.2) is 0 Å². The first-order valence-corrected chi connectivity index (χ1v) is 11.5. The Labute approximate surface area is 189 Å². The van der Waals surface area contributed by atoms with E-state index in [-0.39, 0.29) is 17.7 Å². The normalized spacial score (nSPS) is 18.7. The Bertz CT molecular complexity index is 990. The Hall–Kier alpha value is -3.33. The van der Waals surface area contributed by atoms with Crippen molar-refractivity contribution in [2.75, 3.05) is 32.8 Å². The molecule has 2 aliphatic rings. The zero-order chi connectivity index (χ0) is 22.3. The Morgan fingerprint density at radius 2 is 1.62 bits per heavy atom. The summed E-state index contributed by atoms with van der Waals surface area (Å²) in [7, 11) is 0. The third kappa shape index (κ3) is 5.28. The maximum absolute atomic E-state index is 12.8. The molecular weight excluding hydrogens is 402 g/mol. The predicted octanol–water partition coefficient (Wildman–Crippen LogP) is 4.12. The molecule has 2 fully saturated rings. The highest BCUT2D eigenvalue weighted by Crippen LogP contribution is 2.22. The summed E-state index contributed by atoms with van der Waals surface area (Å²) in [5.41, 5.74) is 1.83. The molecule has 0 N–H and O–H groups in total. The number of hydrogen-bond donors (Lipinski definition) is 0. The van der Waals surface area contributed by atoms with Crippen LogP contribution in [0.5, 0.6) is 5.75 Å². The van der Waals surface area contributed by atoms with Crippen molar-refractivity contribution in [3.05, 3.63) is 65.2 Å². The fraction of sp³-hybridized carbons (Fsp3) is 0.423. The standard InChI is InChI=1S/C26H29N3O3/c27-17-20-9-11-22(12-10-20)25(30)29-15-5-6-21(18-29)19-32-24-8-4-7-23(16-24)26(31)28-13-2-1-3-14-28/h4,7-12,16,21H,1-3,5-6,13-15,18-19H2/t21-/m1/s1. The molecule has 32 heavy (non-hydrogen) atoms. The molecular formula is C26H29N3O3. The van der Waals surface area contributed by atoms with Gasteiger partial charge in [-0.15, -0.1) is 0 Å². The smallest absolute Gasteiger partial charge is 0.253 e. The summed E-state index contributed by atoms with van der Waals surface area (Å²) in [6.07, 6.45) is 5.27. The van der Waals surface area contributed by atoms with Crippen LogP contribution in [0.15, 0.2) is 48.5 Å². The van der Waals surface area contributed by atoms with Crippen LogP contribution >= 0.6 is 0 Å². The van der Waals surface area contributed by atoms with Gasteiger partial charge in [-0.2, -0.15) is 5.26 Å². The molecule has 2 aromatic carbocycles. The van der Waals surface area contributed by atoms with Crippen molar-refractivity contribution in [2.45, 2.75) is 32.1 Å². The molecule has 0 spiro atoms. The van der Waals surface area contributed by atoms with E-state index < -0.39 is 0 Å². The number of piperidine rings is 2. The number of hydrogen-bond acceptors (Lipinski definition) is 4. The van der Waals surface area contributed by atoms with Crippen molar-refractivity contribution >= 4 is 11.8 Å². The van der Waals surface area contributed by atoms with Gasteiger partial charge < -0.3 is 14.5 Å². The zero-order valence-corrected chi connectivity index (χ0v) is 18.3. The van der Waals surface area contributed by atoms with Crippen LogP contribution in [0.2, 0.25) is 0 Å². The van der Waals surface area contributed by atoms with E-state index in [9.17, 15) is 9.59 Å². The van der Waals surface area contributed by atoms with Gasteiger partial charge in [-0.05, 0) is 74.6 Å². The quantitative estimate of drug-likeness (QED) is 0.714. The van der Waals surface area contributed by atoms with Crippen LogP contribution in [0.1, 0.15) is 58.4 Å². The summed E-state index contributed by atoms with van der Waals surface area (Å²) in [6.45, 7) is 3.54. The summed E-state index contributed by atoms with van der Waals surface area (Å²) in [6, 6.07) is 16.3. The third-order valence-corrected chi connectivity index (χ3v) is 6.28. The lowest BCUT2D eigenvalue weighted by Gasteiger charge is -2.32. The van der Waals surface area contributed by atoms with Crippen LogP contribution in [0, 0.1) is 17.2 Å². The molecule has 0 aromatic heterocycles. The second-order valence-electron chi connectivity index (χ2n) is 8.64. The minimum absolute atomic E-state index is 0.00619. The highest BCUT2D eigenvalue weighted by Gasteiger charge is 2.25. The number of nitrogens with zero attached hydrogens (tertiary/aromatic N) is 3. The van der Waals surface area contributed by atoms with Gasteiger partial charge in [0, 0.05) is 43.2 Å². The van der Waals surface area contributed by atoms with Crippen LogP contribution in [-0.4, -0.2) is 54.4 Å². The second-order valence-corrected chi connectivity index (χ2v) is 8.64. The number of carbonyl (C=O) groups excluding carboxylic acids is 2. The molecule has 0 unspecified atom stereocenters. The number of nitriles is 1. The summed E-state index contributed by atoms with van der Waals surface area (Å²) in [4.78, 5) is 29.4. The first-order valence-electron chi connectivity index (χ1n) is 11.5. The number of likely N-dealkylation sites (tertiary alicyclic amines) is 2. The molecule has 1 atom stereocenters. The lowest BCUT2D eigenvalue weighted by Crippen LogP contribution is -2.41. The second kappa shape index (κ2) is 10.3. The number of benzene rings is 2. The molecule has 2 amide bonds. The first-order chi connectivity index (χ1) is 15.6. The van der Waals surface area contributed by atoms with Crippen molar-refractivity contribution in [3.8, 4) is 11.8 Å². The van der Waals surface area contributed by atoms with Gasteiger partial charge in [0.2, 0.25) is 0 Å². The van der Waals surface area contributed by atoms with Crippen LogP contribution in [0.25, 0.3) is 0 Å². The van der Waals surface area contributed by atoms with Crippen molar-refractivity contribution in [2.24, 2.45) is 5.92 Å². The molecule has 2 aromatic rings.